The Balaban J connectivity index is 1.80. The highest BCUT2D eigenvalue weighted by molar-refractivity contribution is 6.07. The van der Waals surface area contributed by atoms with Gasteiger partial charge in [-0.2, -0.15) is 0 Å². The number of para-hydroxylation sites is 1. The maximum atomic E-state index is 13.6. The molecule has 0 radical (unpaired) electrons. The van der Waals surface area contributed by atoms with Crippen molar-refractivity contribution in [2.45, 2.75) is 12.8 Å². The van der Waals surface area contributed by atoms with E-state index in [1.165, 1.54) is 0 Å². The molecule has 1 unspecified atom stereocenters. The monoisotopic (exact) mass is 407 g/mol. The predicted octanol–water partition coefficient (Wildman–Crippen LogP) is 4.22. The van der Waals surface area contributed by atoms with Crippen molar-refractivity contribution in [2.75, 3.05) is 11.9 Å². The molecule has 3 aromatic carbocycles. The molecule has 5 heteroatoms. The van der Waals surface area contributed by atoms with Gasteiger partial charge in [0.05, 0.1) is 5.92 Å². The second kappa shape index (κ2) is 7.69. The number of rotatable bonds is 4. The summed E-state index contributed by atoms with van der Waals surface area (Å²) in [6.07, 6.45) is 1.90. The number of fused-ring (bicyclic) bond motifs is 2. The third-order valence-corrected chi connectivity index (χ3v) is 5.59. The van der Waals surface area contributed by atoms with Gasteiger partial charge < -0.3 is 11.1 Å². The van der Waals surface area contributed by atoms with Crippen LogP contribution in [0.5, 0.6) is 0 Å². The van der Waals surface area contributed by atoms with Gasteiger partial charge in [-0.25, -0.2) is 4.98 Å². The molecule has 0 amide bonds. The molecule has 1 aliphatic carbocycles. The Morgan fingerprint density at radius 1 is 1.00 bits per heavy atom. The van der Waals surface area contributed by atoms with E-state index in [0.717, 1.165) is 34.5 Å². The molecular formula is C26H23N4O+. The first-order valence-corrected chi connectivity index (χ1v) is 10.4. The maximum Gasteiger partial charge on any atom is 0.243 e. The van der Waals surface area contributed by atoms with Crippen molar-refractivity contribution >= 4 is 28.6 Å². The second-order valence-electron chi connectivity index (χ2n) is 7.60. The third-order valence-electron chi connectivity index (χ3n) is 5.59. The van der Waals surface area contributed by atoms with Gasteiger partial charge in [0.1, 0.15) is 5.52 Å². The van der Waals surface area contributed by atoms with Crippen molar-refractivity contribution in [3.63, 3.8) is 0 Å². The van der Waals surface area contributed by atoms with Crippen LogP contribution in [0.25, 0.3) is 22.8 Å². The van der Waals surface area contributed by atoms with E-state index in [-0.39, 0.29) is 5.78 Å². The van der Waals surface area contributed by atoms with Crippen LogP contribution < -0.4 is 15.6 Å². The molecule has 0 aliphatic heterocycles. The van der Waals surface area contributed by atoms with Gasteiger partial charge in [0.25, 0.3) is 0 Å². The molecule has 0 bridgehead atoms. The molecule has 5 rings (SSSR count). The maximum absolute atomic E-state index is 13.6. The highest BCUT2D eigenvalue weighted by Crippen LogP contribution is 2.33. The fourth-order valence-corrected chi connectivity index (χ4v) is 4.21. The van der Waals surface area contributed by atoms with Crippen LogP contribution in [0.15, 0.2) is 84.6 Å². The minimum Gasteiger partial charge on any atom is -0.401 e. The van der Waals surface area contributed by atoms with Crippen LogP contribution in [0.1, 0.15) is 34.6 Å². The first-order chi connectivity index (χ1) is 15.2. The molecule has 3 N–H and O–H groups in total. The molecular weight excluding hydrogens is 384 g/mol. The summed E-state index contributed by atoms with van der Waals surface area (Å²) in [5.74, 6) is -0.604. The molecule has 4 aromatic rings. The van der Waals surface area contributed by atoms with Gasteiger partial charge in [-0.3, -0.25) is 4.79 Å². The third kappa shape index (κ3) is 3.24. The smallest absolute Gasteiger partial charge is 0.243 e. The Hall–Kier alpha value is -3.99. The number of nitrogens with two attached hydrogens (primary N) is 1. The van der Waals surface area contributed by atoms with Crippen LogP contribution in [-0.2, 0) is 0 Å². The van der Waals surface area contributed by atoms with E-state index in [2.05, 4.69) is 22.9 Å². The Labute approximate surface area is 180 Å². The highest BCUT2D eigenvalue weighted by atomic mass is 16.1. The number of benzene rings is 3. The number of anilines is 1. The van der Waals surface area contributed by atoms with Gasteiger partial charge in [-0.05, 0) is 24.6 Å². The summed E-state index contributed by atoms with van der Waals surface area (Å²) < 4.78 is 2.07. The van der Waals surface area contributed by atoms with E-state index in [1.54, 1.807) is 0 Å². The molecule has 31 heavy (non-hydrogen) atoms. The van der Waals surface area contributed by atoms with Gasteiger partial charge in [0, 0.05) is 42.2 Å². The Bertz CT molecular complexity index is 1310. The topological polar surface area (TPSA) is 71.9 Å². The predicted molar refractivity (Wildman–Crippen MR) is 123 cm³/mol. The van der Waals surface area contributed by atoms with Gasteiger partial charge in [-0.1, -0.05) is 48.5 Å². The molecule has 0 fully saturated rings. The normalized spacial score (nSPS) is 15.5. The van der Waals surface area contributed by atoms with E-state index in [4.69, 9.17) is 10.7 Å². The van der Waals surface area contributed by atoms with Crippen LogP contribution in [0.3, 0.4) is 0 Å². The van der Waals surface area contributed by atoms with Crippen molar-refractivity contribution in [3.05, 3.63) is 102 Å². The van der Waals surface area contributed by atoms with E-state index in [0.29, 0.717) is 17.1 Å². The fourth-order valence-electron chi connectivity index (χ4n) is 4.21. The first kappa shape index (κ1) is 19.0. The Morgan fingerprint density at radius 3 is 2.42 bits per heavy atom. The Morgan fingerprint density at radius 2 is 1.71 bits per heavy atom. The van der Waals surface area contributed by atoms with Crippen LogP contribution in [0.4, 0.5) is 5.69 Å². The average molecular weight is 407 g/mol. The van der Waals surface area contributed by atoms with Crippen molar-refractivity contribution in [2.24, 2.45) is 5.73 Å². The zero-order valence-electron chi connectivity index (χ0n) is 17.2. The van der Waals surface area contributed by atoms with E-state index in [1.807, 2.05) is 78.9 Å². The number of Topliss-reactive ketones (excluding diaryl/α,β-unsaturated/α-hetero) is 1. The van der Waals surface area contributed by atoms with E-state index in [9.17, 15) is 4.79 Å². The summed E-state index contributed by atoms with van der Waals surface area (Å²) in [6.45, 7) is 2.88. The lowest BCUT2D eigenvalue weighted by molar-refractivity contribution is -0.570. The van der Waals surface area contributed by atoms with E-state index >= 15 is 0 Å². The lowest BCUT2D eigenvalue weighted by Gasteiger charge is -2.21. The highest BCUT2D eigenvalue weighted by Gasteiger charge is 2.37. The number of nitrogens with zero attached hydrogens (tertiary/aromatic N) is 2. The molecule has 1 heterocycles. The molecule has 152 valence electrons. The summed E-state index contributed by atoms with van der Waals surface area (Å²) in [4.78, 5) is 18.4. The van der Waals surface area contributed by atoms with Crippen molar-refractivity contribution in [1.29, 1.82) is 0 Å². The van der Waals surface area contributed by atoms with Crippen molar-refractivity contribution < 1.29 is 9.36 Å². The van der Waals surface area contributed by atoms with Gasteiger partial charge in [0.15, 0.2) is 5.69 Å². The lowest BCUT2D eigenvalue weighted by Crippen LogP contribution is -2.41. The zero-order chi connectivity index (χ0) is 21.4. The quantitative estimate of drug-likeness (QED) is 0.497. The van der Waals surface area contributed by atoms with Gasteiger partial charge in [-0.15, -0.1) is 4.57 Å². The first-order valence-electron chi connectivity index (χ1n) is 10.4. The fraction of sp³-hybridized carbons (Fsp3) is 0.115. The van der Waals surface area contributed by atoms with Gasteiger partial charge >= 0.3 is 0 Å². The number of allylic oxidation sites excluding steroid dienone is 1. The molecule has 0 spiro atoms. The largest absolute Gasteiger partial charge is 0.401 e. The van der Waals surface area contributed by atoms with Crippen molar-refractivity contribution in [1.82, 2.24) is 4.98 Å². The summed E-state index contributed by atoms with van der Waals surface area (Å²) in [6, 6.07) is 25.7. The molecule has 0 saturated carbocycles. The lowest BCUT2D eigenvalue weighted by atomic mass is 9.85. The standard InChI is InChI=1S/C26H22N4O/c1-2-28-18-13-14-21-22(15-18)30(19-11-7-4-8-12-19)23-16-20(27)24(26(31)25(23)29-21)17-9-5-3-6-10-17/h3-16,24H,2H2,1H3,(H2,27,28,31)/p+1. The molecule has 1 atom stereocenters. The summed E-state index contributed by atoms with van der Waals surface area (Å²) >= 11 is 0. The van der Waals surface area contributed by atoms with Crippen LogP contribution in [-0.4, -0.2) is 17.3 Å². The van der Waals surface area contributed by atoms with Crippen LogP contribution in [0.2, 0.25) is 0 Å². The SMILES string of the molecule is CCNc1ccc2nc3c([n+](-c4ccccc4)c2c1)C=C(N)C(c1ccccc1)C3=O. The van der Waals surface area contributed by atoms with Crippen LogP contribution >= 0.6 is 0 Å². The molecule has 1 aromatic heterocycles. The number of nitrogens with one attached hydrogen (secondary N) is 1. The van der Waals surface area contributed by atoms with Crippen LogP contribution in [0, 0.1) is 0 Å². The number of aromatic nitrogens is 2. The van der Waals surface area contributed by atoms with Gasteiger partial charge in [0.2, 0.25) is 22.7 Å². The second-order valence-corrected chi connectivity index (χ2v) is 7.60. The summed E-state index contributed by atoms with van der Waals surface area (Å²) in [5, 5.41) is 3.36. The minimum atomic E-state index is -0.524. The Kier molecular flexibility index (Phi) is 4.71. The number of carbonyl (C=O) groups is 1. The number of carbonyl (C=O) groups excluding carboxylic acids is 1. The molecule has 5 nitrogen and oxygen atoms in total. The summed E-state index contributed by atoms with van der Waals surface area (Å²) in [5.41, 5.74) is 12.7. The molecule has 1 aliphatic rings. The number of ketones is 1. The zero-order valence-corrected chi connectivity index (χ0v) is 17.2. The number of hydrogen-bond donors (Lipinski definition) is 2. The van der Waals surface area contributed by atoms with Crippen molar-refractivity contribution in [3.8, 4) is 5.69 Å². The molecule has 0 saturated heterocycles. The minimum absolute atomic E-state index is 0.0801. The summed E-state index contributed by atoms with van der Waals surface area (Å²) in [7, 11) is 0. The number of hydrogen-bond acceptors (Lipinski definition) is 4. The van der Waals surface area contributed by atoms with E-state index < -0.39 is 5.92 Å². The average Bonchev–Trinajstić information content (AvgIpc) is 2.79.